The second-order valence-electron chi connectivity index (χ2n) is 10.8. The quantitative estimate of drug-likeness (QED) is 0.373. The maximum Gasteiger partial charge on any atom is 0.303 e. The molecule has 29 heavy (non-hydrogen) atoms. The molecule has 0 aromatic carbocycles. The molecule has 6 aliphatic rings. The summed E-state index contributed by atoms with van der Waals surface area (Å²) in [6.45, 7) is 9.52. The number of fused-ring (bicyclic) bond motifs is 2. The Bertz CT molecular complexity index is 779. The van der Waals surface area contributed by atoms with Gasteiger partial charge in [-0.05, 0) is 42.6 Å². The van der Waals surface area contributed by atoms with Crippen LogP contribution in [0.3, 0.4) is 0 Å². The Hall–Kier alpha value is -0.990. The number of esters is 1. The summed E-state index contributed by atoms with van der Waals surface area (Å²) in [7, 11) is 0. The van der Waals surface area contributed by atoms with Gasteiger partial charge in [-0.3, -0.25) is 4.79 Å². The largest absolute Gasteiger partial charge is 0.456 e. The predicted octanol–water partition coefficient (Wildman–Crippen LogP) is 0.738. The van der Waals surface area contributed by atoms with Crippen LogP contribution in [0.15, 0.2) is 12.2 Å². The van der Waals surface area contributed by atoms with E-state index in [1.54, 1.807) is 0 Å². The SMILES string of the molecule is C=C1C2CC(O)C3C45COC(O)(C(OC(C)=O)C4C(C)(C)CCC5O)C3(C2)C1O. The fourth-order valence-corrected chi connectivity index (χ4v) is 8.41. The van der Waals surface area contributed by atoms with Crippen molar-refractivity contribution in [3.8, 4) is 0 Å². The van der Waals surface area contributed by atoms with E-state index >= 15 is 0 Å². The average molecular weight is 408 g/mol. The van der Waals surface area contributed by atoms with Crippen LogP contribution in [0.1, 0.15) is 46.5 Å². The third kappa shape index (κ3) is 2.00. The first-order valence-corrected chi connectivity index (χ1v) is 10.7. The van der Waals surface area contributed by atoms with Gasteiger partial charge in [0.25, 0.3) is 0 Å². The van der Waals surface area contributed by atoms with Gasteiger partial charge in [-0.2, -0.15) is 0 Å². The molecule has 4 N–H and O–H groups in total. The van der Waals surface area contributed by atoms with Gasteiger partial charge < -0.3 is 29.9 Å². The van der Waals surface area contributed by atoms with Crippen molar-refractivity contribution in [2.24, 2.45) is 34.0 Å². The second-order valence-corrected chi connectivity index (χ2v) is 10.8. The lowest BCUT2D eigenvalue weighted by atomic mass is 9.35. The summed E-state index contributed by atoms with van der Waals surface area (Å²) >= 11 is 0. The molecule has 6 rings (SSSR count). The van der Waals surface area contributed by atoms with Crippen LogP contribution in [0.2, 0.25) is 0 Å². The van der Waals surface area contributed by atoms with Crippen LogP contribution >= 0.6 is 0 Å². The van der Waals surface area contributed by atoms with Crippen LogP contribution in [0.5, 0.6) is 0 Å². The molecule has 10 atom stereocenters. The summed E-state index contributed by atoms with van der Waals surface area (Å²) in [5.74, 6) is -3.64. The zero-order valence-corrected chi connectivity index (χ0v) is 17.3. The smallest absolute Gasteiger partial charge is 0.303 e. The van der Waals surface area contributed by atoms with Gasteiger partial charge in [0.1, 0.15) is 0 Å². The fraction of sp³-hybridized carbons (Fsp3) is 0.864. The van der Waals surface area contributed by atoms with E-state index in [-0.39, 0.29) is 17.9 Å². The molecule has 0 aromatic rings. The van der Waals surface area contributed by atoms with Crippen LogP contribution in [0.25, 0.3) is 0 Å². The maximum absolute atomic E-state index is 12.1. The molecular weight excluding hydrogens is 376 g/mol. The third-order valence-electron chi connectivity index (χ3n) is 9.29. The van der Waals surface area contributed by atoms with E-state index in [1.807, 2.05) is 0 Å². The Morgan fingerprint density at radius 1 is 1.24 bits per heavy atom. The van der Waals surface area contributed by atoms with E-state index in [1.165, 1.54) is 6.92 Å². The van der Waals surface area contributed by atoms with Crippen molar-refractivity contribution >= 4 is 5.97 Å². The molecule has 2 heterocycles. The second kappa shape index (κ2) is 5.62. The van der Waals surface area contributed by atoms with E-state index in [2.05, 4.69) is 20.4 Å². The molecule has 162 valence electrons. The zero-order valence-electron chi connectivity index (χ0n) is 17.3. The van der Waals surface area contributed by atoms with Gasteiger partial charge in [0, 0.05) is 24.2 Å². The number of carbonyl (C=O) groups is 1. The maximum atomic E-state index is 12.1. The van der Waals surface area contributed by atoms with Crippen molar-refractivity contribution in [3.05, 3.63) is 12.2 Å². The van der Waals surface area contributed by atoms with E-state index in [4.69, 9.17) is 9.47 Å². The Balaban J connectivity index is 1.80. The third-order valence-corrected chi connectivity index (χ3v) is 9.29. The Labute approximate surface area is 170 Å². The van der Waals surface area contributed by atoms with Gasteiger partial charge >= 0.3 is 5.97 Å². The van der Waals surface area contributed by atoms with E-state index in [0.717, 1.165) is 0 Å². The van der Waals surface area contributed by atoms with Crippen LogP contribution in [-0.4, -0.2) is 63.2 Å². The predicted molar refractivity (Wildman–Crippen MR) is 101 cm³/mol. The summed E-state index contributed by atoms with van der Waals surface area (Å²) in [6, 6.07) is 0. The topological polar surface area (TPSA) is 116 Å². The number of ether oxygens (including phenoxy) is 2. The number of rotatable bonds is 1. The molecule has 10 unspecified atom stereocenters. The number of aliphatic hydroxyl groups excluding tert-OH is 3. The molecule has 7 nitrogen and oxygen atoms in total. The van der Waals surface area contributed by atoms with E-state index < -0.39 is 58.8 Å². The van der Waals surface area contributed by atoms with Crippen LogP contribution in [-0.2, 0) is 14.3 Å². The van der Waals surface area contributed by atoms with Crippen molar-refractivity contribution in [2.45, 2.75) is 76.7 Å². The molecule has 0 aromatic heterocycles. The lowest BCUT2D eigenvalue weighted by Crippen LogP contribution is -2.85. The molecule has 2 saturated heterocycles. The van der Waals surface area contributed by atoms with Crippen molar-refractivity contribution < 1.29 is 34.7 Å². The highest BCUT2D eigenvalue weighted by Gasteiger charge is 2.86. The van der Waals surface area contributed by atoms with Crippen molar-refractivity contribution in [3.63, 3.8) is 0 Å². The highest BCUT2D eigenvalue weighted by atomic mass is 16.7. The minimum Gasteiger partial charge on any atom is -0.456 e. The van der Waals surface area contributed by atoms with Crippen LogP contribution < -0.4 is 0 Å². The van der Waals surface area contributed by atoms with Gasteiger partial charge in [-0.15, -0.1) is 0 Å². The van der Waals surface area contributed by atoms with Gasteiger partial charge in [-0.25, -0.2) is 0 Å². The standard InChI is InChI=1S/C22H32O7/c1-10-12-7-13(24)15-20-9-28-22(27,21(15,8-12)17(10)26)18(29-11(2)23)16(20)19(3,4)6-5-14(20)25/h12-18,24-27H,1,5-9H2,2-4H3. The zero-order chi connectivity index (χ0) is 21.1. The summed E-state index contributed by atoms with van der Waals surface area (Å²) < 4.78 is 11.8. The molecule has 6 fully saturated rings. The molecule has 0 radical (unpaired) electrons. The fourth-order valence-electron chi connectivity index (χ4n) is 8.41. The molecule has 4 saturated carbocycles. The minimum absolute atomic E-state index is 0.0594. The monoisotopic (exact) mass is 408 g/mol. The molecule has 4 aliphatic carbocycles. The average Bonchev–Trinajstić information content (AvgIpc) is 2.82. The summed E-state index contributed by atoms with van der Waals surface area (Å²) in [6.07, 6.45) is -1.70. The Morgan fingerprint density at radius 2 is 1.93 bits per heavy atom. The highest BCUT2D eigenvalue weighted by Crippen LogP contribution is 2.77. The summed E-state index contributed by atoms with van der Waals surface area (Å²) in [5.41, 5.74) is -1.98. The highest BCUT2D eigenvalue weighted by molar-refractivity contribution is 5.66. The molecule has 2 spiro atoms. The van der Waals surface area contributed by atoms with Crippen LogP contribution in [0.4, 0.5) is 0 Å². The molecule has 2 aliphatic heterocycles. The number of aliphatic hydroxyl groups is 4. The molecule has 7 heteroatoms. The van der Waals surface area contributed by atoms with Crippen molar-refractivity contribution in [2.75, 3.05) is 6.61 Å². The Morgan fingerprint density at radius 3 is 2.59 bits per heavy atom. The Kier molecular flexibility index (Phi) is 3.87. The molecule has 0 amide bonds. The van der Waals surface area contributed by atoms with Crippen LogP contribution in [0, 0.1) is 34.0 Å². The minimum atomic E-state index is -1.96. The van der Waals surface area contributed by atoms with Crippen molar-refractivity contribution in [1.82, 2.24) is 0 Å². The van der Waals surface area contributed by atoms with E-state index in [0.29, 0.717) is 31.3 Å². The first-order chi connectivity index (χ1) is 13.4. The first-order valence-electron chi connectivity index (χ1n) is 10.7. The summed E-state index contributed by atoms with van der Waals surface area (Å²) in [5, 5.41) is 46.1. The van der Waals surface area contributed by atoms with Gasteiger partial charge in [0.2, 0.25) is 5.79 Å². The van der Waals surface area contributed by atoms with Gasteiger partial charge in [-0.1, -0.05) is 20.4 Å². The number of hydrogen-bond donors (Lipinski definition) is 4. The molecular formula is C22H32O7. The lowest BCUT2D eigenvalue weighted by Gasteiger charge is -2.75. The first kappa shape index (κ1) is 19.9. The number of hydrogen-bond acceptors (Lipinski definition) is 7. The lowest BCUT2D eigenvalue weighted by molar-refractivity contribution is -0.472. The summed E-state index contributed by atoms with van der Waals surface area (Å²) in [4.78, 5) is 12.1. The molecule has 4 bridgehead atoms. The van der Waals surface area contributed by atoms with E-state index in [9.17, 15) is 25.2 Å². The van der Waals surface area contributed by atoms with Crippen molar-refractivity contribution in [1.29, 1.82) is 0 Å². The van der Waals surface area contributed by atoms with Gasteiger partial charge in [0.05, 0.1) is 30.3 Å². The normalized spacial score (nSPS) is 57.2. The number of carbonyl (C=O) groups excluding carboxylic acids is 1. The van der Waals surface area contributed by atoms with Gasteiger partial charge in [0.15, 0.2) is 6.10 Å².